The van der Waals surface area contributed by atoms with Gasteiger partial charge >= 0.3 is 5.97 Å². The smallest absolute Gasteiger partial charge is 0.312 e. The maximum atomic E-state index is 17.4. The Hall–Kier alpha value is -2.48. The molecular weight excluding hydrogens is 501 g/mol. The van der Waals surface area contributed by atoms with Gasteiger partial charge in [0.2, 0.25) is 5.67 Å². The van der Waals surface area contributed by atoms with Crippen molar-refractivity contribution >= 4 is 33.5 Å². The normalized spacial score (nSPS) is 30.3. The topological polar surface area (TPSA) is 68.7 Å². The zero-order valence-electron chi connectivity index (χ0n) is 16.8. The molecule has 1 saturated carbocycles. The van der Waals surface area contributed by atoms with Crippen molar-refractivity contribution in [3.8, 4) is 5.75 Å². The van der Waals surface area contributed by atoms with Crippen LogP contribution in [-0.4, -0.2) is 29.3 Å². The number of hydrogen-bond donors (Lipinski definition) is 1. The highest BCUT2D eigenvalue weighted by Gasteiger charge is 2.79. The highest BCUT2D eigenvalue weighted by Crippen LogP contribution is 2.70. The lowest BCUT2D eigenvalue weighted by atomic mass is 9.72. The third-order valence-corrected chi connectivity index (χ3v) is 7.16. The van der Waals surface area contributed by atoms with E-state index in [1.165, 1.54) is 19.4 Å². The lowest BCUT2D eigenvalue weighted by Gasteiger charge is -2.38. The number of pyridine rings is 1. The van der Waals surface area contributed by atoms with Crippen LogP contribution in [0.1, 0.15) is 22.7 Å². The third-order valence-electron chi connectivity index (χ3n) is 6.43. The van der Waals surface area contributed by atoms with Crippen LogP contribution in [-0.2, 0) is 20.8 Å². The van der Waals surface area contributed by atoms with Gasteiger partial charge in [-0.3, -0.25) is 9.78 Å². The van der Waals surface area contributed by atoms with E-state index in [9.17, 15) is 9.90 Å². The van der Waals surface area contributed by atoms with Crippen LogP contribution in [0.3, 0.4) is 0 Å². The largest absolute Gasteiger partial charge is 0.476 e. The average Bonchev–Trinajstić information content (AvgIpc) is 3.17. The summed E-state index contributed by atoms with van der Waals surface area (Å²) in [7, 11) is 1.22. The lowest BCUT2D eigenvalue weighted by Crippen LogP contribution is -2.49. The Morgan fingerprint density at radius 3 is 2.56 bits per heavy atom. The minimum absolute atomic E-state index is 0.0929. The minimum Gasteiger partial charge on any atom is -0.476 e. The molecule has 1 aromatic heterocycles. The minimum atomic E-state index is -2.54. The van der Waals surface area contributed by atoms with E-state index in [1.807, 2.05) is 6.07 Å². The molecule has 5 rings (SSSR count). The number of aliphatic hydroxyl groups is 1. The van der Waals surface area contributed by atoms with E-state index in [0.29, 0.717) is 11.1 Å². The maximum absolute atomic E-state index is 17.4. The van der Waals surface area contributed by atoms with Crippen LogP contribution >= 0.6 is 27.5 Å². The molecule has 164 valence electrons. The Morgan fingerprint density at radius 1 is 1.22 bits per heavy atom. The first-order valence-electron chi connectivity index (χ1n) is 9.95. The average molecular weight is 519 g/mol. The number of benzene rings is 2. The number of ether oxygens (including phenoxy) is 2. The van der Waals surface area contributed by atoms with Gasteiger partial charge in [0.25, 0.3) is 0 Å². The van der Waals surface area contributed by atoms with Crippen molar-refractivity contribution in [2.45, 2.75) is 23.3 Å². The summed E-state index contributed by atoms with van der Waals surface area (Å²) in [5.74, 6) is -2.74. The molecule has 2 aliphatic rings. The van der Waals surface area contributed by atoms with Gasteiger partial charge in [-0.2, -0.15) is 0 Å². The highest BCUT2D eigenvalue weighted by molar-refractivity contribution is 9.10. The Labute approximate surface area is 197 Å². The summed E-state index contributed by atoms with van der Waals surface area (Å²) in [5, 5.41) is 11.7. The molecule has 1 fully saturated rings. The molecule has 3 aromatic rings. The number of fused-ring (bicyclic) bond motifs is 3. The van der Waals surface area contributed by atoms with E-state index in [0.717, 1.165) is 4.47 Å². The number of aromatic nitrogens is 1. The molecule has 1 N–H and O–H groups in total. The van der Waals surface area contributed by atoms with Gasteiger partial charge in [-0.25, -0.2) is 4.39 Å². The van der Waals surface area contributed by atoms with Crippen LogP contribution in [0.5, 0.6) is 5.75 Å². The van der Waals surface area contributed by atoms with E-state index in [-0.39, 0.29) is 16.5 Å². The molecule has 1 aliphatic carbocycles. The summed E-state index contributed by atoms with van der Waals surface area (Å²) < 4.78 is 29.6. The second kappa shape index (κ2) is 7.54. The van der Waals surface area contributed by atoms with Crippen molar-refractivity contribution < 1.29 is 23.8 Å². The molecule has 1 aliphatic heterocycles. The van der Waals surface area contributed by atoms with Crippen LogP contribution in [0.2, 0.25) is 5.02 Å². The molecule has 0 bridgehead atoms. The van der Waals surface area contributed by atoms with Crippen LogP contribution in [0.15, 0.2) is 71.3 Å². The number of esters is 1. The predicted octanol–water partition coefficient (Wildman–Crippen LogP) is 4.90. The number of halogens is 3. The van der Waals surface area contributed by atoms with E-state index >= 15 is 4.39 Å². The molecule has 5 atom stereocenters. The second-order valence-corrected chi connectivity index (χ2v) is 9.29. The standard InChI is InChI=1S/C24H18BrClFNO4/c1-31-22(30)18-19(13-5-3-2-4-6-13)24(14-7-9-15(25)10-8-14)23(27,21(18)29)20-17(32-24)11-16(26)12-28-20/h2-12,18-19,21,29H,1H3/t18-,19-,21-,23+,24+/m1/s1. The summed E-state index contributed by atoms with van der Waals surface area (Å²) in [4.78, 5) is 17.1. The van der Waals surface area contributed by atoms with Crippen molar-refractivity contribution in [1.29, 1.82) is 0 Å². The second-order valence-electron chi connectivity index (χ2n) is 7.94. The van der Waals surface area contributed by atoms with Crippen molar-refractivity contribution in [1.82, 2.24) is 4.98 Å². The van der Waals surface area contributed by atoms with Crippen LogP contribution in [0.4, 0.5) is 4.39 Å². The molecule has 0 amide bonds. The van der Waals surface area contributed by atoms with Crippen LogP contribution in [0, 0.1) is 5.92 Å². The number of methoxy groups -OCH3 is 1. The quantitative estimate of drug-likeness (QED) is 0.500. The van der Waals surface area contributed by atoms with Gasteiger partial charge in [0.1, 0.15) is 17.5 Å². The molecule has 32 heavy (non-hydrogen) atoms. The zero-order chi connectivity index (χ0) is 22.7. The molecule has 0 spiro atoms. The maximum Gasteiger partial charge on any atom is 0.312 e. The summed E-state index contributed by atoms with van der Waals surface area (Å²) in [6.07, 6.45) is -0.475. The summed E-state index contributed by atoms with van der Waals surface area (Å²) in [5.41, 5.74) is -3.34. The fourth-order valence-corrected chi connectivity index (χ4v) is 5.59. The molecule has 2 heterocycles. The van der Waals surface area contributed by atoms with E-state index in [4.69, 9.17) is 21.1 Å². The van der Waals surface area contributed by atoms with Crippen molar-refractivity contribution in [2.24, 2.45) is 5.92 Å². The molecule has 0 unspecified atom stereocenters. The predicted molar refractivity (Wildman–Crippen MR) is 119 cm³/mol. The van der Waals surface area contributed by atoms with Gasteiger partial charge in [0.05, 0.1) is 18.1 Å². The molecule has 5 nitrogen and oxygen atoms in total. The summed E-state index contributed by atoms with van der Waals surface area (Å²) >= 11 is 9.53. The number of alkyl halides is 1. The fraction of sp³-hybridized carbons (Fsp3) is 0.250. The van der Waals surface area contributed by atoms with Crippen LogP contribution < -0.4 is 4.74 Å². The first-order chi connectivity index (χ1) is 15.3. The number of carbonyl (C=O) groups is 1. The van der Waals surface area contributed by atoms with Gasteiger partial charge in [-0.15, -0.1) is 0 Å². The first kappa shape index (κ1) is 21.4. The van der Waals surface area contributed by atoms with Gasteiger partial charge in [-0.05, 0) is 23.3 Å². The highest BCUT2D eigenvalue weighted by atomic mass is 79.9. The molecule has 0 saturated heterocycles. The van der Waals surface area contributed by atoms with Gasteiger partial charge in [0.15, 0.2) is 5.60 Å². The Bertz CT molecular complexity index is 1190. The third kappa shape index (κ3) is 2.71. The summed E-state index contributed by atoms with van der Waals surface area (Å²) in [6, 6.07) is 17.4. The van der Waals surface area contributed by atoms with E-state index < -0.39 is 35.2 Å². The Balaban J connectivity index is 1.87. The fourth-order valence-electron chi connectivity index (χ4n) is 5.18. The Morgan fingerprint density at radius 2 is 1.91 bits per heavy atom. The van der Waals surface area contributed by atoms with E-state index in [1.54, 1.807) is 48.5 Å². The monoisotopic (exact) mass is 517 g/mol. The van der Waals surface area contributed by atoms with Gasteiger partial charge in [-0.1, -0.05) is 70.0 Å². The number of aliphatic hydroxyl groups excluding tert-OH is 1. The zero-order valence-corrected chi connectivity index (χ0v) is 19.2. The number of carbonyl (C=O) groups excluding carboxylic acids is 1. The van der Waals surface area contributed by atoms with Gasteiger partial charge < -0.3 is 14.6 Å². The van der Waals surface area contributed by atoms with Crippen molar-refractivity contribution in [3.05, 3.63) is 93.2 Å². The number of rotatable bonds is 3. The van der Waals surface area contributed by atoms with Crippen molar-refractivity contribution in [2.75, 3.05) is 7.11 Å². The van der Waals surface area contributed by atoms with E-state index in [2.05, 4.69) is 20.9 Å². The SMILES string of the molecule is COC(=O)[C@H]1[C@@H](O)[C@@]2(F)c3ncc(Cl)cc3O[C@@]2(c2ccc(Br)cc2)[C@@H]1c1ccccc1. The molecule has 8 heteroatoms. The molecule has 2 aromatic carbocycles. The van der Waals surface area contributed by atoms with Crippen molar-refractivity contribution in [3.63, 3.8) is 0 Å². The number of hydrogen-bond acceptors (Lipinski definition) is 5. The Kier molecular flexibility index (Phi) is 5.04. The molecular formula is C24H18BrClFNO4. The lowest BCUT2D eigenvalue weighted by molar-refractivity contribution is -0.151. The first-order valence-corrected chi connectivity index (χ1v) is 11.1. The van der Waals surface area contributed by atoms with Crippen LogP contribution in [0.25, 0.3) is 0 Å². The van der Waals surface area contributed by atoms with Gasteiger partial charge in [0, 0.05) is 22.7 Å². The molecule has 0 radical (unpaired) electrons. The summed E-state index contributed by atoms with van der Waals surface area (Å²) in [6.45, 7) is 0. The number of nitrogens with zero attached hydrogens (tertiary/aromatic N) is 1.